The molecule has 1 aromatic rings. The van der Waals surface area contributed by atoms with Gasteiger partial charge in [-0.1, -0.05) is 6.92 Å². The molecular formula is C16H26N2O7S. The number of carboxylic acids is 1. The van der Waals surface area contributed by atoms with Crippen LogP contribution < -0.4 is 0 Å². The van der Waals surface area contributed by atoms with Crippen molar-refractivity contribution in [2.24, 2.45) is 5.92 Å². The Hall–Kier alpha value is -1.91. The molecule has 1 amide bonds. The van der Waals surface area contributed by atoms with Gasteiger partial charge < -0.3 is 19.2 Å². The topological polar surface area (TPSA) is 117 Å². The van der Waals surface area contributed by atoms with Gasteiger partial charge in [-0.3, -0.25) is 9.59 Å². The Kier molecular flexibility index (Phi) is 8.25. The minimum Gasteiger partial charge on any atom is -0.481 e. The first kappa shape index (κ1) is 22.1. The Morgan fingerprint density at radius 3 is 2.54 bits per heavy atom. The van der Waals surface area contributed by atoms with Crippen LogP contribution in [-0.2, 0) is 19.6 Å². The van der Waals surface area contributed by atoms with Crippen LogP contribution in [0.1, 0.15) is 30.6 Å². The van der Waals surface area contributed by atoms with E-state index >= 15 is 0 Å². The zero-order valence-electron chi connectivity index (χ0n) is 15.5. The molecule has 0 saturated carbocycles. The van der Waals surface area contributed by atoms with Crippen LogP contribution in [0.25, 0.3) is 0 Å². The lowest BCUT2D eigenvalue weighted by molar-refractivity contribution is -0.141. The molecule has 1 heterocycles. The number of ether oxygens (including phenoxy) is 1. The third-order valence-electron chi connectivity index (χ3n) is 3.68. The molecule has 148 valence electrons. The van der Waals surface area contributed by atoms with Crippen LogP contribution in [0.3, 0.4) is 0 Å². The molecule has 9 nitrogen and oxygen atoms in total. The third-order valence-corrected chi connectivity index (χ3v) is 5.37. The van der Waals surface area contributed by atoms with E-state index in [1.165, 1.54) is 25.9 Å². The Bertz CT molecular complexity index is 712. The van der Waals surface area contributed by atoms with Gasteiger partial charge in [-0.15, -0.1) is 0 Å². The molecular weight excluding hydrogens is 364 g/mol. The van der Waals surface area contributed by atoms with E-state index in [0.717, 1.165) is 16.6 Å². The van der Waals surface area contributed by atoms with E-state index in [2.05, 4.69) is 0 Å². The third kappa shape index (κ3) is 5.82. The Balaban J connectivity index is 2.96. The fourth-order valence-electron chi connectivity index (χ4n) is 2.11. The van der Waals surface area contributed by atoms with Gasteiger partial charge in [-0.2, -0.15) is 0 Å². The van der Waals surface area contributed by atoms with Crippen molar-refractivity contribution in [3.8, 4) is 0 Å². The van der Waals surface area contributed by atoms with Crippen LogP contribution in [0.2, 0.25) is 0 Å². The van der Waals surface area contributed by atoms with Crippen molar-refractivity contribution in [2.75, 3.05) is 40.4 Å². The first-order valence-electron chi connectivity index (χ1n) is 8.22. The second kappa shape index (κ2) is 9.70. The van der Waals surface area contributed by atoms with Gasteiger partial charge in [-0.05, 0) is 13.3 Å². The standard InChI is InChI=1S/C16H26N2O7S/c1-5-24-8-6-7-18(10-12(2)16(20)21)15(19)13-9-14(25-11-13)26(22,23)17(3)4/h9,11-12H,5-8,10H2,1-4H3,(H,20,21). The maximum absolute atomic E-state index is 12.7. The Morgan fingerprint density at radius 2 is 2.00 bits per heavy atom. The summed E-state index contributed by atoms with van der Waals surface area (Å²) in [5, 5.41) is 8.76. The molecule has 0 spiro atoms. The highest BCUT2D eigenvalue weighted by Crippen LogP contribution is 2.19. The maximum atomic E-state index is 12.7. The minimum absolute atomic E-state index is 0.00123. The number of amides is 1. The van der Waals surface area contributed by atoms with Crippen molar-refractivity contribution in [1.82, 2.24) is 9.21 Å². The van der Waals surface area contributed by atoms with E-state index in [4.69, 9.17) is 14.3 Å². The number of aliphatic carboxylic acids is 1. The average Bonchev–Trinajstić information content (AvgIpc) is 3.07. The normalized spacial score (nSPS) is 13.0. The number of carbonyl (C=O) groups is 2. The molecule has 1 rings (SSSR count). The summed E-state index contributed by atoms with van der Waals surface area (Å²) in [4.78, 5) is 25.2. The van der Waals surface area contributed by atoms with E-state index in [9.17, 15) is 18.0 Å². The number of furan rings is 1. The van der Waals surface area contributed by atoms with E-state index in [1.54, 1.807) is 0 Å². The summed E-state index contributed by atoms with van der Waals surface area (Å²) in [5.41, 5.74) is 0.0550. The minimum atomic E-state index is -3.79. The second-order valence-electron chi connectivity index (χ2n) is 5.98. The van der Waals surface area contributed by atoms with Crippen molar-refractivity contribution in [1.29, 1.82) is 0 Å². The van der Waals surface area contributed by atoms with Gasteiger partial charge in [0.2, 0.25) is 5.09 Å². The predicted molar refractivity (Wildman–Crippen MR) is 93.4 cm³/mol. The summed E-state index contributed by atoms with van der Waals surface area (Å²) in [6.07, 6.45) is 1.60. The summed E-state index contributed by atoms with van der Waals surface area (Å²) >= 11 is 0. The van der Waals surface area contributed by atoms with Crippen LogP contribution in [-0.4, -0.2) is 75.0 Å². The average molecular weight is 390 g/mol. The molecule has 0 saturated heterocycles. The van der Waals surface area contributed by atoms with E-state index in [1.807, 2.05) is 6.92 Å². The van der Waals surface area contributed by atoms with Gasteiger partial charge in [0, 0.05) is 46.5 Å². The number of rotatable bonds is 11. The monoisotopic (exact) mass is 390 g/mol. The maximum Gasteiger partial charge on any atom is 0.308 e. The summed E-state index contributed by atoms with van der Waals surface area (Å²) in [7, 11) is -1.08. The molecule has 0 aromatic carbocycles. The van der Waals surface area contributed by atoms with Crippen LogP contribution in [0, 0.1) is 5.92 Å². The van der Waals surface area contributed by atoms with Crippen LogP contribution in [0.4, 0.5) is 0 Å². The first-order chi connectivity index (χ1) is 12.1. The molecule has 1 aromatic heterocycles. The fourth-order valence-corrected chi connectivity index (χ4v) is 2.92. The zero-order chi connectivity index (χ0) is 19.9. The molecule has 0 fully saturated rings. The first-order valence-corrected chi connectivity index (χ1v) is 9.66. The Morgan fingerprint density at radius 1 is 1.35 bits per heavy atom. The molecule has 1 N–H and O–H groups in total. The molecule has 26 heavy (non-hydrogen) atoms. The molecule has 0 bridgehead atoms. The van der Waals surface area contributed by atoms with Gasteiger partial charge in [-0.25, -0.2) is 12.7 Å². The van der Waals surface area contributed by atoms with Gasteiger partial charge in [0.15, 0.2) is 0 Å². The fraction of sp³-hybridized carbons (Fsp3) is 0.625. The van der Waals surface area contributed by atoms with Crippen molar-refractivity contribution >= 4 is 21.9 Å². The van der Waals surface area contributed by atoms with Crippen LogP contribution in [0.5, 0.6) is 0 Å². The highest BCUT2D eigenvalue weighted by atomic mass is 32.2. The highest BCUT2D eigenvalue weighted by Gasteiger charge is 2.26. The Labute approximate surface area is 153 Å². The van der Waals surface area contributed by atoms with E-state index in [0.29, 0.717) is 19.6 Å². The van der Waals surface area contributed by atoms with Gasteiger partial charge in [0.1, 0.15) is 6.26 Å². The van der Waals surface area contributed by atoms with Crippen molar-refractivity contribution in [2.45, 2.75) is 25.4 Å². The number of carboxylic acid groups (broad SMARTS) is 1. The van der Waals surface area contributed by atoms with Crippen molar-refractivity contribution < 1.29 is 32.3 Å². The number of hydrogen-bond acceptors (Lipinski definition) is 6. The number of nitrogens with zero attached hydrogens (tertiary/aromatic N) is 2. The molecule has 10 heteroatoms. The van der Waals surface area contributed by atoms with Crippen molar-refractivity contribution in [3.63, 3.8) is 0 Å². The van der Waals surface area contributed by atoms with E-state index in [-0.39, 0.29) is 23.7 Å². The summed E-state index contributed by atoms with van der Waals surface area (Å²) in [6, 6.07) is 1.15. The summed E-state index contributed by atoms with van der Waals surface area (Å²) < 4.78 is 35.4. The number of hydrogen-bond donors (Lipinski definition) is 1. The number of sulfonamides is 1. The summed E-state index contributed by atoms with van der Waals surface area (Å²) in [6.45, 7) is 4.63. The lowest BCUT2D eigenvalue weighted by Crippen LogP contribution is -2.38. The second-order valence-corrected chi connectivity index (χ2v) is 8.07. The molecule has 0 aliphatic rings. The highest BCUT2D eigenvalue weighted by molar-refractivity contribution is 7.88. The summed E-state index contributed by atoms with van der Waals surface area (Å²) in [5.74, 6) is -2.27. The van der Waals surface area contributed by atoms with Gasteiger partial charge in [0.25, 0.3) is 15.9 Å². The number of carbonyl (C=O) groups excluding carboxylic acids is 1. The molecule has 0 aliphatic carbocycles. The smallest absolute Gasteiger partial charge is 0.308 e. The van der Waals surface area contributed by atoms with Crippen LogP contribution >= 0.6 is 0 Å². The van der Waals surface area contributed by atoms with Gasteiger partial charge >= 0.3 is 5.97 Å². The van der Waals surface area contributed by atoms with Crippen LogP contribution in [0.15, 0.2) is 21.8 Å². The predicted octanol–water partition coefficient (Wildman–Crippen LogP) is 1.12. The lowest BCUT2D eigenvalue weighted by Gasteiger charge is -2.24. The molecule has 0 aliphatic heterocycles. The lowest BCUT2D eigenvalue weighted by atomic mass is 10.1. The SMILES string of the molecule is CCOCCCN(CC(C)C(=O)O)C(=O)c1coc(S(=O)(=O)N(C)C)c1. The van der Waals surface area contributed by atoms with E-state index < -0.39 is 27.8 Å². The molecule has 1 unspecified atom stereocenters. The van der Waals surface area contributed by atoms with Gasteiger partial charge in [0.05, 0.1) is 11.5 Å². The zero-order valence-corrected chi connectivity index (χ0v) is 16.3. The molecule has 1 atom stereocenters. The largest absolute Gasteiger partial charge is 0.481 e. The molecule has 0 radical (unpaired) electrons. The van der Waals surface area contributed by atoms with Crippen molar-refractivity contribution in [3.05, 3.63) is 17.9 Å². The quantitative estimate of drug-likeness (QED) is 0.563.